The average molecular weight is 390 g/mol. The zero-order valence-electron chi connectivity index (χ0n) is 13.7. The summed E-state index contributed by atoms with van der Waals surface area (Å²) < 4.78 is 19.3. The summed E-state index contributed by atoms with van der Waals surface area (Å²) in [4.78, 5) is 18.3. The maximum atomic E-state index is 13.7. The Morgan fingerprint density at radius 3 is 2.84 bits per heavy atom. The molecule has 0 saturated carbocycles. The number of hydrogen-bond donors (Lipinski definition) is 1. The number of aromatic nitrogens is 1. The second-order valence-corrected chi connectivity index (χ2v) is 5.72. The van der Waals surface area contributed by atoms with Crippen LogP contribution in [0, 0.1) is 5.82 Å². The standard InChI is InChI=1S/C17H20FN3O2.2ClH/c18-14-6-2-1-5-13(14)15-11-20-16(23-15)7-8-17(22)21-9-3-4-12(21)10-19;;/h1-2,5-6,11-12H,3-4,7-10,19H2;2*1H. The van der Waals surface area contributed by atoms with Crippen molar-refractivity contribution in [3.05, 3.63) is 42.2 Å². The van der Waals surface area contributed by atoms with E-state index in [1.165, 1.54) is 12.3 Å². The molecule has 1 aliphatic rings. The van der Waals surface area contributed by atoms with Gasteiger partial charge in [0.15, 0.2) is 11.7 Å². The van der Waals surface area contributed by atoms with Gasteiger partial charge >= 0.3 is 0 Å². The van der Waals surface area contributed by atoms with Crippen molar-refractivity contribution in [3.63, 3.8) is 0 Å². The van der Waals surface area contributed by atoms with Crippen molar-refractivity contribution < 1.29 is 13.6 Å². The second-order valence-electron chi connectivity index (χ2n) is 5.72. The minimum Gasteiger partial charge on any atom is -0.441 e. The van der Waals surface area contributed by atoms with Crippen LogP contribution in [-0.4, -0.2) is 34.9 Å². The summed E-state index contributed by atoms with van der Waals surface area (Å²) in [6.45, 7) is 1.27. The minimum atomic E-state index is -0.353. The van der Waals surface area contributed by atoms with Crippen LogP contribution in [0.25, 0.3) is 11.3 Å². The summed E-state index contributed by atoms with van der Waals surface area (Å²) in [6.07, 6.45) is 4.20. The summed E-state index contributed by atoms with van der Waals surface area (Å²) in [5.41, 5.74) is 6.07. The average Bonchev–Trinajstić information content (AvgIpc) is 3.22. The van der Waals surface area contributed by atoms with E-state index in [1.54, 1.807) is 18.2 Å². The van der Waals surface area contributed by atoms with Gasteiger partial charge in [-0.3, -0.25) is 4.79 Å². The number of hydrogen-bond acceptors (Lipinski definition) is 4. The Morgan fingerprint density at radius 1 is 1.36 bits per heavy atom. The van der Waals surface area contributed by atoms with E-state index >= 15 is 0 Å². The molecule has 0 spiro atoms. The van der Waals surface area contributed by atoms with E-state index in [2.05, 4.69) is 4.98 Å². The topological polar surface area (TPSA) is 72.4 Å². The molecule has 0 radical (unpaired) electrons. The number of carbonyl (C=O) groups is 1. The molecular formula is C17H22Cl2FN3O2. The molecule has 0 aliphatic carbocycles. The van der Waals surface area contributed by atoms with Crippen molar-refractivity contribution in [2.75, 3.05) is 13.1 Å². The lowest BCUT2D eigenvalue weighted by molar-refractivity contribution is -0.131. The molecule has 2 heterocycles. The molecule has 1 atom stereocenters. The zero-order valence-corrected chi connectivity index (χ0v) is 15.3. The normalized spacial score (nSPS) is 16.2. The van der Waals surface area contributed by atoms with E-state index in [-0.39, 0.29) is 42.6 Å². The third kappa shape index (κ3) is 4.93. The van der Waals surface area contributed by atoms with Gasteiger partial charge in [0.1, 0.15) is 5.82 Å². The van der Waals surface area contributed by atoms with Crippen LogP contribution in [0.2, 0.25) is 0 Å². The number of nitrogens with two attached hydrogens (primary N) is 1. The first-order valence-electron chi connectivity index (χ1n) is 7.88. The van der Waals surface area contributed by atoms with Crippen LogP contribution in [0.3, 0.4) is 0 Å². The Kier molecular flexibility index (Phi) is 8.35. The maximum Gasteiger partial charge on any atom is 0.223 e. The van der Waals surface area contributed by atoms with Gasteiger partial charge < -0.3 is 15.1 Å². The van der Waals surface area contributed by atoms with Crippen LogP contribution in [0.4, 0.5) is 4.39 Å². The molecule has 3 rings (SSSR count). The highest BCUT2D eigenvalue weighted by Crippen LogP contribution is 2.24. The number of oxazole rings is 1. The summed E-state index contributed by atoms with van der Waals surface area (Å²) in [6, 6.07) is 6.53. The van der Waals surface area contributed by atoms with E-state index in [0.29, 0.717) is 36.6 Å². The number of likely N-dealkylation sites (tertiary alicyclic amines) is 1. The number of nitrogens with zero attached hydrogens (tertiary/aromatic N) is 2. The molecule has 2 N–H and O–H groups in total. The van der Waals surface area contributed by atoms with Gasteiger partial charge in [0, 0.05) is 32.0 Å². The lowest BCUT2D eigenvalue weighted by Crippen LogP contribution is -2.40. The lowest BCUT2D eigenvalue weighted by Gasteiger charge is -2.23. The third-order valence-corrected chi connectivity index (χ3v) is 4.22. The van der Waals surface area contributed by atoms with Crippen molar-refractivity contribution in [1.29, 1.82) is 0 Å². The highest BCUT2D eigenvalue weighted by molar-refractivity contribution is 5.85. The maximum absolute atomic E-state index is 13.7. The van der Waals surface area contributed by atoms with E-state index in [0.717, 1.165) is 19.4 Å². The van der Waals surface area contributed by atoms with Crippen molar-refractivity contribution in [2.45, 2.75) is 31.7 Å². The molecule has 1 aliphatic heterocycles. The molecule has 1 amide bonds. The monoisotopic (exact) mass is 389 g/mol. The van der Waals surface area contributed by atoms with Gasteiger partial charge in [-0.05, 0) is 25.0 Å². The smallest absolute Gasteiger partial charge is 0.223 e. The zero-order chi connectivity index (χ0) is 16.2. The van der Waals surface area contributed by atoms with Gasteiger partial charge in [0.2, 0.25) is 5.91 Å². The van der Waals surface area contributed by atoms with Crippen molar-refractivity contribution in [1.82, 2.24) is 9.88 Å². The second kappa shape index (κ2) is 9.75. The summed E-state index contributed by atoms with van der Waals surface area (Å²) in [5.74, 6) is 0.546. The van der Waals surface area contributed by atoms with Gasteiger partial charge in [-0.2, -0.15) is 0 Å². The molecule has 1 fully saturated rings. The number of halogens is 3. The largest absolute Gasteiger partial charge is 0.441 e. The molecule has 1 unspecified atom stereocenters. The highest BCUT2D eigenvalue weighted by Gasteiger charge is 2.27. The van der Waals surface area contributed by atoms with Crippen molar-refractivity contribution in [3.8, 4) is 11.3 Å². The molecule has 25 heavy (non-hydrogen) atoms. The Labute approximate surface area is 158 Å². The van der Waals surface area contributed by atoms with Gasteiger partial charge in [0.25, 0.3) is 0 Å². The van der Waals surface area contributed by atoms with Gasteiger partial charge in [-0.15, -0.1) is 24.8 Å². The van der Waals surface area contributed by atoms with Crippen LogP contribution >= 0.6 is 24.8 Å². The minimum absolute atomic E-state index is 0. The van der Waals surface area contributed by atoms with Crippen LogP contribution in [0.5, 0.6) is 0 Å². The van der Waals surface area contributed by atoms with E-state index in [9.17, 15) is 9.18 Å². The summed E-state index contributed by atoms with van der Waals surface area (Å²) in [7, 11) is 0. The number of aryl methyl sites for hydroxylation is 1. The quantitative estimate of drug-likeness (QED) is 0.851. The number of rotatable bonds is 5. The Bertz CT molecular complexity index is 696. The van der Waals surface area contributed by atoms with Gasteiger partial charge in [-0.1, -0.05) is 12.1 Å². The fraction of sp³-hybridized carbons (Fsp3) is 0.412. The molecule has 0 bridgehead atoms. The Hall–Kier alpha value is -1.63. The van der Waals surface area contributed by atoms with Crippen LogP contribution in [-0.2, 0) is 11.2 Å². The number of carbonyl (C=O) groups excluding carboxylic acids is 1. The molecule has 5 nitrogen and oxygen atoms in total. The van der Waals surface area contributed by atoms with Crippen LogP contribution in [0.1, 0.15) is 25.2 Å². The number of amides is 1. The summed E-state index contributed by atoms with van der Waals surface area (Å²) >= 11 is 0. The Morgan fingerprint density at radius 2 is 2.12 bits per heavy atom. The van der Waals surface area contributed by atoms with Crippen molar-refractivity contribution in [2.24, 2.45) is 5.73 Å². The van der Waals surface area contributed by atoms with Gasteiger partial charge in [0.05, 0.1) is 11.8 Å². The molecule has 138 valence electrons. The lowest BCUT2D eigenvalue weighted by atomic mass is 10.2. The first kappa shape index (κ1) is 21.4. The molecule has 1 aromatic heterocycles. The van der Waals surface area contributed by atoms with Crippen LogP contribution in [0.15, 0.2) is 34.9 Å². The molecule has 2 aromatic rings. The molecule has 1 aromatic carbocycles. The highest BCUT2D eigenvalue weighted by atomic mass is 35.5. The summed E-state index contributed by atoms with van der Waals surface area (Å²) in [5, 5.41) is 0. The predicted octanol–water partition coefficient (Wildman–Crippen LogP) is 3.21. The van der Waals surface area contributed by atoms with Crippen LogP contribution < -0.4 is 5.73 Å². The first-order chi connectivity index (χ1) is 11.2. The predicted molar refractivity (Wildman–Crippen MR) is 98.5 cm³/mol. The molecule has 1 saturated heterocycles. The molecular weight excluding hydrogens is 368 g/mol. The fourth-order valence-electron chi connectivity index (χ4n) is 2.98. The van der Waals surface area contributed by atoms with E-state index in [1.807, 2.05) is 4.90 Å². The molecule has 8 heteroatoms. The Balaban J connectivity index is 0.00000156. The SMILES string of the molecule is Cl.Cl.NCC1CCCN1C(=O)CCc1ncc(-c2ccccc2F)o1. The van der Waals surface area contributed by atoms with Crippen molar-refractivity contribution >= 4 is 30.7 Å². The number of benzene rings is 1. The van der Waals surface area contributed by atoms with Gasteiger partial charge in [-0.25, -0.2) is 9.37 Å². The van der Waals surface area contributed by atoms with E-state index < -0.39 is 0 Å². The van der Waals surface area contributed by atoms with E-state index in [4.69, 9.17) is 10.2 Å². The first-order valence-corrected chi connectivity index (χ1v) is 7.88. The fourth-order valence-corrected chi connectivity index (χ4v) is 2.98. The third-order valence-electron chi connectivity index (χ3n) is 4.22.